The molecule has 0 bridgehead atoms. The van der Waals surface area contributed by atoms with Gasteiger partial charge in [-0.25, -0.2) is 0 Å². The fourth-order valence-corrected chi connectivity index (χ4v) is 3.02. The first kappa shape index (κ1) is 20.9. The zero-order valence-electron chi connectivity index (χ0n) is 13.9. The van der Waals surface area contributed by atoms with Crippen LogP contribution in [0.4, 0.5) is 0 Å². The molecule has 11 heteroatoms. The Labute approximate surface area is 143 Å². The van der Waals surface area contributed by atoms with E-state index in [9.17, 15) is 35.7 Å². The minimum Gasteiger partial charge on any atom is -0.394 e. The van der Waals surface area contributed by atoms with Crippen LogP contribution in [-0.4, -0.2) is 117 Å². The van der Waals surface area contributed by atoms with Crippen molar-refractivity contribution in [1.29, 1.82) is 0 Å². The normalized spacial score (nSPS) is 51.5. The molecule has 2 aliphatic heterocycles. The molecule has 2 saturated heterocycles. The highest BCUT2D eigenvalue weighted by Crippen LogP contribution is 2.35. The van der Waals surface area contributed by atoms with Gasteiger partial charge in [-0.3, -0.25) is 0 Å². The molecule has 2 aliphatic rings. The van der Waals surface area contributed by atoms with Crippen LogP contribution in [0, 0.1) is 0 Å². The summed E-state index contributed by atoms with van der Waals surface area (Å²) in [5.74, 6) is 0. The minimum atomic E-state index is -1.72. The van der Waals surface area contributed by atoms with Gasteiger partial charge in [-0.15, -0.1) is 0 Å². The monoisotopic (exact) mass is 370 g/mol. The maximum absolute atomic E-state index is 10.5. The van der Waals surface area contributed by atoms with Crippen LogP contribution >= 0.6 is 0 Å². The zero-order valence-corrected chi connectivity index (χ0v) is 13.9. The fourth-order valence-electron chi connectivity index (χ4n) is 3.02. The lowest BCUT2D eigenvalue weighted by Crippen LogP contribution is -2.69. The van der Waals surface area contributed by atoms with Gasteiger partial charge >= 0.3 is 0 Å². The average molecular weight is 370 g/mol. The van der Waals surface area contributed by atoms with Crippen molar-refractivity contribution in [2.24, 2.45) is 0 Å². The standard InChI is InChI=1S/C14H26O11/c1-14(22-2)10(19)6(4-16)24-13(11(14)20)25-9-5(3-15)23-12(21)8(18)7(9)17/h5-13,15-21H,3-4H2,1-2H3/t5-,6-,7-,8-,9-,10-,11+,12-,13-,14+/m1/s1. The number of hydrogen-bond acceptors (Lipinski definition) is 11. The van der Waals surface area contributed by atoms with Gasteiger partial charge in [0.2, 0.25) is 0 Å². The van der Waals surface area contributed by atoms with Crippen LogP contribution in [0.5, 0.6) is 0 Å². The molecular weight excluding hydrogens is 344 g/mol. The highest BCUT2D eigenvalue weighted by Gasteiger charge is 2.56. The molecule has 0 aliphatic carbocycles. The molecule has 0 unspecified atom stereocenters. The zero-order chi connectivity index (χ0) is 18.9. The number of rotatable bonds is 5. The second-order valence-corrected chi connectivity index (χ2v) is 6.33. The quantitative estimate of drug-likeness (QED) is 0.249. The lowest BCUT2D eigenvalue weighted by atomic mass is 9.85. The van der Waals surface area contributed by atoms with Crippen molar-refractivity contribution in [2.75, 3.05) is 20.3 Å². The van der Waals surface area contributed by atoms with Crippen molar-refractivity contribution in [3.8, 4) is 0 Å². The molecule has 0 radical (unpaired) electrons. The first-order chi connectivity index (χ1) is 11.7. The number of ether oxygens (including phenoxy) is 4. The molecule has 0 amide bonds. The van der Waals surface area contributed by atoms with Gasteiger partial charge in [0.05, 0.1) is 13.2 Å². The Morgan fingerprint density at radius 3 is 2.00 bits per heavy atom. The summed E-state index contributed by atoms with van der Waals surface area (Å²) in [4.78, 5) is 0. The first-order valence-electron chi connectivity index (χ1n) is 7.84. The third-order valence-electron chi connectivity index (χ3n) is 4.84. The van der Waals surface area contributed by atoms with Gasteiger partial charge < -0.3 is 54.7 Å². The summed E-state index contributed by atoms with van der Waals surface area (Å²) >= 11 is 0. The van der Waals surface area contributed by atoms with Crippen LogP contribution < -0.4 is 0 Å². The van der Waals surface area contributed by atoms with Gasteiger partial charge in [-0.05, 0) is 6.92 Å². The van der Waals surface area contributed by atoms with E-state index in [-0.39, 0.29) is 0 Å². The number of aliphatic hydroxyl groups excluding tert-OH is 7. The van der Waals surface area contributed by atoms with Gasteiger partial charge in [0.25, 0.3) is 0 Å². The summed E-state index contributed by atoms with van der Waals surface area (Å²) in [6, 6.07) is 0. The molecule has 0 aromatic carbocycles. The molecule has 2 fully saturated rings. The van der Waals surface area contributed by atoms with Gasteiger partial charge in [0.15, 0.2) is 12.6 Å². The fraction of sp³-hybridized carbons (Fsp3) is 1.00. The van der Waals surface area contributed by atoms with E-state index < -0.39 is 74.1 Å². The lowest BCUT2D eigenvalue weighted by Gasteiger charge is -2.50. The summed E-state index contributed by atoms with van der Waals surface area (Å²) in [5.41, 5.74) is -1.55. The molecule has 0 aromatic heterocycles. The molecular formula is C14H26O11. The Morgan fingerprint density at radius 2 is 1.48 bits per heavy atom. The van der Waals surface area contributed by atoms with Gasteiger partial charge in [0.1, 0.15) is 48.3 Å². The summed E-state index contributed by atoms with van der Waals surface area (Å²) in [5, 5.41) is 68.7. The van der Waals surface area contributed by atoms with E-state index >= 15 is 0 Å². The minimum absolute atomic E-state index is 0.596. The molecule has 0 spiro atoms. The topological polar surface area (TPSA) is 179 Å². The molecule has 148 valence electrons. The Morgan fingerprint density at radius 1 is 0.880 bits per heavy atom. The molecule has 2 heterocycles. The van der Waals surface area contributed by atoms with Crippen LogP contribution in [0.15, 0.2) is 0 Å². The van der Waals surface area contributed by atoms with Crippen LogP contribution in [-0.2, 0) is 18.9 Å². The molecule has 25 heavy (non-hydrogen) atoms. The molecule has 7 N–H and O–H groups in total. The molecule has 2 rings (SSSR count). The van der Waals surface area contributed by atoms with Crippen molar-refractivity contribution in [2.45, 2.75) is 67.8 Å². The van der Waals surface area contributed by atoms with Gasteiger partial charge in [-0.1, -0.05) is 0 Å². The van der Waals surface area contributed by atoms with Crippen molar-refractivity contribution in [3.63, 3.8) is 0 Å². The molecule has 10 atom stereocenters. The van der Waals surface area contributed by atoms with E-state index in [0.717, 1.165) is 0 Å². The van der Waals surface area contributed by atoms with E-state index in [1.165, 1.54) is 14.0 Å². The summed E-state index contributed by atoms with van der Waals surface area (Å²) in [7, 11) is 1.25. The second kappa shape index (κ2) is 8.06. The van der Waals surface area contributed by atoms with Crippen molar-refractivity contribution < 1.29 is 54.7 Å². The predicted molar refractivity (Wildman–Crippen MR) is 78.0 cm³/mol. The van der Waals surface area contributed by atoms with Crippen molar-refractivity contribution in [1.82, 2.24) is 0 Å². The summed E-state index contributed by atoms with van der Waals surface area (Å²) in [6.45, 7) is 0.142. The van der Waals surface area contributed by atoms with E-state index in [1.807, 2.05) is 0 Å². The number of methoxy groups -OCH3 is 1. The molecule has 11 nitrogen and oxygen atoms in total. The van der Waals surface area contributed by atoms with E-state index in [2.05, 4.69) is 0 Å². The van der Waals surface area contributed by atoms with E-state index in [1.54, 1.807) is 0 Å². The average Bonchev–Trinajstić information content (AvgIpc) is 2.61. The van der Waals surface area contributed by atoms with Crippen molar-refractivity contribution in [3.05, 3.63) is 0 Å². The van der Waals surface area contributed by atoms with Crippen LogP contribution in [0.2, 0.25) is 0 Å². The Bertz CT molecular complexity index is 435. The third kappa shape index (κ3) is 3.68. The molecule has 0 aromatic rings. The maximum Gasteiger partial charge on any atom is 0.187 e. The number of aliphatic hydroxyl groups is 7. The van der Waals surface area contributed by atoms with Crippen LogP contribution in [0.1, 0.15) is 6.92 Å². The largest absolute Gasteiger partial charge is 0.394 e. The highest BCUT2D eigenvalue weighted by molar-refractivity contribution is 5.01. The highest BCUT2D eigenvalue weighted by atomic mass is 16.7. The predicted octanol–water partition coefficient (Wildman–Crippen LogP) is -4.35. The first-order valence-corrected chi connectivity index (χ1v) is 7.84. The maximum atomic E-state index is 10.5. The Hall–Kier alpha value is -0.440. The Balaban J connectivity index is 2.21. The van der Waals surface area contributed by atoms with Crippen molar-refractivity contribution >= 4 is 0 Å². The lowest BCUT2D eigenvalue weighted by molar-refractivity contribution is -0.370. The summed E-state index contributed by atoms with van der Waals surface area (Å²) < 4.78 is 20.9. The second-order valence-electron chi connectivity index (χ2n) is 6.33. The van der Waals surface area contributed by atoms with E-state index in [0.29, 0.717) is 0 Å². The SMILES string of the molecule is CO[C@@]1(C)[C@H](O)[C@@H](CO)O[C@H](O[C@H]2[C@H](O)[C@@H](O)[C@H](O)O[C@@H]2CO)[C@@H]1O. The number of hydrogen-bond donors (Lipinski definition) is 7. The van der Waals surface area contributed by atoms with Crippen LogP contribution in [0.3, 0.4) is 0 Å². The third-order valence-corrected chi connectivity index (χ3v) is 4.84. The van der Waals surface area contributed by atoms with Crippen LogP contribution in [0.25, 0.3) is 0 Å². The summed E-state index contributed by atoms with van der Waals surface area (Å²) in [6.07, 6.45) is -13.2. The smallest absolute Gasteiger partial charge is 0.187 e. The molecule has 0 saturated carbocycles. The van der Waals surface area contributed by atoms with Gasteiger partial charge in [0, 0.05) is 7.11 Å². The Kier molecular flexibility index (Phi) is 6.73. The van der Waals surface area contributed by atoms with E-state index in [4.69, 9.17) is 18.9 Å². The van der Waals surface area contributed by atoms with Gasteiger partial charge in [-0.2, -0.15) is 0 Å².